The Balaban J connectivity index is 2.01. The minimum absolute atomic E-state index is 0.308. The molecule has 1 aliphatic rings. The monoisotopic (exact) mass is 332 g/mol. The number of carbonyl (C=O) groups is 1. The summed E-state index contributed by atoms with van der Waals surface area (Å²) in [6.07, 6.45) is 3.38. The Labute approximate surface area is 132 Å². The van der Waals surface area contributed by atoms with Crippen LogP contribution in [0.25, 0.3) is 21.0 Å². The molecule has 4 heterocycles. The molecule has 23 heavy (non-hydrogen) atoms. The molecule has 1 unspecified atom stereocenters. The molecule has 1 aliphatic heterocycles. The van der Waals surface area contributed by atoms with Gasteiger partial charge < -0.3 is 9.73 Å². The van der Waals surface area contributed by atoms with E-state index in [1.807, 2.05) is 0 Å². The number of nitrogens with zero attached hydrogens (tertiary/aromatic N) is 2. The summed E-state index contributed by atoms with van der Waals surface area (Å²) in [7, 11) is 0. The first-order valence-corrected chi connectivity index (χ1v) is 7.85. The number of aromatic nitrogens is 3. The standard InChI is InChI=1S/C14H12N4O4S/c1-6-8-12(23-9(6)11-16-4-5-22-11)17-14(21)18(13(8)20)7-2-3-15-10(7)19/h4-5,7H,2-3H2,1H3,(H,15,19)(H,17,21). The first kappa shape index (κ1) is 13.9. The minimum atomic E-state index is -0.764. The zero-order valence-electron chi connectivity index (χ0n) is 12.1. The third-order valence-corrected chi connectivity index (χ3v) is 5.17. The fourth-order valence-corrected chi connectivity index (χ4v) is 4.01. The van der Waals surface area contributed by atoms with Gasteiger partial charge in [-0.05, 0) is 18.9 Å². The van der Waals surface area contributed by atoms with E-state index in [2.05, 4.69) is 15.3 Å². The van der Waals surface area contributed by atoms with Crippen molar-refractivity contribution in [3.63, 3.8) is 0 Å². The SMILES string of the molecule is Cc1c(-c2ncco2)sc2[nH]c(=O)n(C3CCNC3=O)c(=O)c12. The lowest BCUT2D eigenvalue weighted by molar-refractivity contribution is -0.122. The van der Waals surface area contributed by atoms with E-state index in [0.717, 1.165) is 4.57 Å². The molecule has 118 valence electrons. The molecule has 1 fully saturated rings. The highest BCUT2D eigenvalue weighted by molar-refractivity contribution is 7.22. The molecule has 2 N–H and O–H groups in total. The van der Waals surface area contributed by atoms with Crippen LogP contribution in [-0.4, -0.2) is 27.0 Å². The van der Waals surface area contributed by atoms with Gasteiger partial charge in [-0.25, -0.2) is 14.3 Å². The second kappa shape index (κ2) is 4.92. The maximum absolute atomic E-state index is 12.8. The highest BCUT2D eigenvalue weighted by Gasteiger charge is 2.30. The highest BCUT2D eigenvalue weighted by Crippen LogP contribution is 2.34. The molecule has 4 rings (SSSR count). The quantitative estimate of drug-likeness (QED) is 0.720. The minimum Gasteiger partial charge on any atom is -0.444 e. The van der Waals surface area contributed by atoms with Gasteiger partial charge in [-0.3, -0.25) is 14.6 Å². The van der Waals surface area contributed by atoms with E-state index in [1.165, 1.54) is 23.8 Å². The molecule has 3 aromatic rings. The zero-order valence-corrected chi connectivity index (χ0v) is 12.9. The van der Waals surface area contributed by atoms with Crippen LogP contribution in [0.2, 0.25) is 0 Å². The number of aromatic amines is 1. The number of amides is 1. The van der Waals surface area contributed by atoms with Gasteiger partial charge in [-0.15, -0.1) is 11.3 Å². The van der Waals surface area contributed by atoms with Crippen molar-refractivity contribution in [2.45, 2.75) is 19.4 Å². The summed E-state index contributed by atoms with van der Waals surface area (Å²) >= 11 is 1.24. The highest BCUT2D eigenvalue weighted by atomic mass is 32.1. The summed E-state index contributed by atoms with van der Waals surface area (Å²) in [6, 6.07) is -0.764. The van der Waals surface area contributed by atoms with Crippen molar-refractivity contribution in [3.8, 4) is 10.8 Å². The van der Waals surface area contributed by atoms with Gasteiger partial charge in [0.05, 0.1) is 16.5 Å². The van der Waals surface area contributed by atoms with E-state index in [1.54, 1.807) is 6.92 Å². The number of aryl methyl sites for hydroxylation is 1. The summed E-state index contributed by atoms with van der Waals surface area (Å²) in [5.41, 5.74) is -0.358. The molecule has 0 spiro atoms. The molecule has 3 aromatic heterocycles. The first-order valence-electron chi connectivity index (χ1n) is 7.03. The van der Waals surface area contributed by atoms with Crippen LogP contribution in [-0.2, 0) is 4.79 Å². The van der Waals surface area contributed by atoms with Crippen LogP contribution in [0.5, 0.6) is 0 Å². The molecule has 0 aliphatic carbocycles. The first-order chi connectivity index (χ1) is 11.1. The van der Waals surface area contributed by atoms with Gasteiger partial charge in [0.1, 0.15) is 17.1 Å². The van der Waals surface area contributed by atoms with Gasteiger partial charge in [0.2, 0.25) is 11.8 Å². The van der Waals surface area contributed by atoms with Crippen molar-refractivity contribution in [1.82, 2.24) is 19.9 Å². The Bertz CT molecular complexity index is 1030. The second-order valence-electron chi connectivity index (χ2n) is 5.30. The number of nitrogens with one attached hydrogen (secondary N) is 2. The number of oxazole rings is 1. The van der Waals surface area contributed by atoms with Gasteiger partial charge in [-0.2, -0.15) is 0 Å². The lowest BCUT2D eigenvalue weighted by Gasteiger charge is -2.09. The third kappa shape index (κ3) is 1.96. The average molecular weight is 332 g/mol. The Kier molecular flexibility index (Phi) is 2.98. The number of rotatable bonds is 2. The van der Waals surface area contributed by atoms with E-state index >= 15 is 0 Å². The van der Waals surface area contributed by atoms with Crippen LogP contribution < -0.4 is 16.6 Å². The van der Waals surface area contributed by atoms with E-state index in [9.17, 15) is 14.4 Å². The number of hydrogen-bond acceptors (Lipinski definition) is 6. The number of H-pyrrole nitrogens is 1. The van der Waals surface area contributed by atoms with E-state index < -0.39 is 17.3 Å². The number of carbonyl (C=O) groups excluding carboxylic acids is 1. The van der Waals surface area contributed by atoms with Crippen molar-refractivity contribution in [3.05, 3.63) is 38.9 Å². The molecule has 9 heteroatoms. The van der Waals surface area contributed by atoms with Gasteiger partial charge in [0, 0.05) is 6.54 Å². The maximum atomic E-state index is 12.8. The van der Waals surface area contributed by atoms with Gasteiger partial charge in [0.15, 0.2) is 0 Å². The van der Waals surface area contributed by atoms with E-state index in [4.69, 9.17) is 4.42 Å². The molecule has 0 aromatic carbocycles. The van der Waals surface area contributed by atoms with Crippen LogP contribution in [0.15, 0.2) is 26.5 Å². The molecule has 0 saturated carbocycles. The van der Waals surface area contributed by atoms with E-state index in [0.29, 0.717) is 39.5 Å². The summed E-state index contributed by atoms with van der Waals surface area (Å²) in [5.74, 6) is 0.0897. The summed E-state index contributed by atoms with van der Waals surface area (Å²) in [6.45, 7) is 2.23. The Morgan fingerprint density at radius 3 is 2.87 bits per heavy atom. The Hall–Kier alpha value is -2.68. The average Bonchev–Trinajstić information content (AvgIpc) is 3.21. The molecule has 1 amide bonds. The third-order valence-electron chi connectivity index (χ3n) is 3.98. The maximum Gasteiger partial charge on any atom is 0.330 e. The topological polar surface area (TPSA) is 110 Å². The van der Waals surface area contributed by atoms with Gasteiger partial charge >= 0.3 is 5.69 Å². The molecule has 1 saturated heterocycles. The van der Waals surface area contributed by atoms with Crippen LogP contribution in [0.4, 0.5) is 0 Å². The number of hydrogen-bond donors (Lipinski definition) is 2. The molecular formula is C14H12N4O4S. The number of fused-ring (bicyclic) bond motifs is 1. The second-order valence-corrected chi connectivity index (χ2v) is 6.32. The van der Waals surface area contributed by atoms with Crippen LogP contribution in [0.3, 0.4) is 0 Å². The van der Waals surface area contributed by atoms with Crippen LogP contribution in [0.1, 0.15) is 18.0 Å². The lowest BCUT2D eigenvalue weighted by atomic mass is 10.2. The van der Waals surface area contributed by atoms with Gasteiger partial charge in [-0.1, -0.05) is 0 Å². The van der Waals surface area contributed by atoms with Crippen molar-refractivity contribution < 1.29 is 9.21 Å². The normalized spacial score (nSPS) is 17.8. The fraction of sp³-hybridized carbons (Fsp3) is 0.286. The summed E-state index contributed by atoms with van der Waals surface area (Å²) < 4.78 is 6.29. The predicted molar refractivity (Wildman–Crippen MR) is 83.6 cm³/mol. The molecule has 0 radical (unpaired) electrons. The fourth-order valence-electron chi connectivity index (χ4n) is 2.88. The van der Waals surface area contributed by atoms with Crippen LogP contribution >= 0.6 is 11.3 Å². The summed E-state index contributed by atoms with van der Waals surface area (Å²) in [4.78, 5) is 44.9. The predicted octanol–water partition coefficient (Wildman–Crippen LogP) is 0.776. The van der Waals surface area contributed by atoms with Crippen LogP contribution in [0, 0.1) is 6.92 Å². The van der Waals surface area contributed by atoms with Crippen molar-refractivity contribution >= 4 is 27.5 Å². The van der Waals surface area contributed by atoms with Crippen molar-refractivity contribution in [2.75, 3.05) is 6.54 Å². The zero-order chi connectivity index (χ0) is 16.1. The molecular weight excluding hydrogens is 320 g/mol. The van der Waals surface area contributed by atoms with Crippen molar-refractivity contribution in [2.24, 2.45) is 0 Å². The Morgan fingerprint density at radius 2 is 2.22 bits per heavy atom. The van der Waals surface area contributed by atoms with E-state index in [-0.39, 0.29) is 5.91 Å². The molecule has 8 nitrogen and oxygen atoms in total. The largest absolute Gasteiger partial charge is 0.444 e. The van der Waals surface area contributed by atoms with Crippen molar-refractivity contribution in [1.29, 1.82) is 0 Å². The lowest BCUT2D eigenvalue weighted by Crippen LogP contribution is -2.40. The van der Waals surface area contributed by atoms with Gasteiger partial charge in [0.25, 0.3) is 5.56 Å². The summed E-state index contributed by atoms with van der Waals surface area (Å²) in [5, 5.41) is 3.03. The molecule has 0 bridgehead atoms. The Morgan fingerprint density at radius 1 is 1.39 bits per heavy atom. The smallest absolute Gasteiger partial charge is 0.330 e. The number of thiophene rings is 1. The molecule has 1 atom stereocenters.